The predicted octanol–water partition coefficient (Wildman–Crippen LogP) is 20.3. The highest BCUT2D eigenvalue weighted by Gasteiger charge is 2.37. The van der Waals surface area contributed by atoms with Crippen LogP contribution in [-0.4, -0.2) is 0 Å². The summed E-state index contributed by atoms with van der Waals surface area (Å²) in [6.45, 7) is 4.80. The Hall–Kier alpha value is -9.44. The van der Waals surface area contributed by atoms with Gasteiger partial charge in [-0.15, -0.1) is 0 Å². The highest BCUT2D eigenvalue weighted by atomic mass is 16.3. The van der Waals surface area contributed by atoms with Crippen molar-refractivity contribution < 1.29 is 4.42 Å². The Morgan fingerprint density at radius 2 is 0.757 bits per heavy atom. The fourth-order valence-corrected chi connectivity index (χ4v) is 12.5. The van der Waals surface area contributed by atoms with Crippen molar-refractivity contribution in [2.45, 2.75) is 19.3 Å². The van der Waals surface area contributed by atoms with E-state index >= 15 is 0 Å². The van der Waals surface area contributed by atoms with Crippen molar-refractivity contribution in [1.82, 2.24) is 0 Å². The van der Waals surface area contributed by atoms with E-state index in [-0.39, 0.29) is 5.41 Å². The summed E-state index contributed by atoms with van der Waals surface area (Å²) < 4.78 is 6.67. The molecule has 0 aliphatic heterocycles. The Bertz CT molecular complexity index is 4560. The molecule has 15 rings (SSSR count). The van der Waals surface area contributed by atoms with E-state index in [9.17, 15) is 0 Å². The monoisotopic (exact) mass is 944 g/mol. The van der Waals surface area contributed by atoms with Gasteiger partial charge >= 0.3 is 0 Å². The lowest BCUT2D eigenvalue weighted by molar-refractivity contribution is 0.660. The number of anilines is 6. The van der Waals surface area contributed by atoms with E-state index in [0.29, 0.717) is 0 Å². The molecule has 74 heavy (non-hydrogen) atoms. The molecule has 0 atom stereocenters. The third-order valence-electron chi connectivity index (χ3n) is 16.0. The van der Waals surface area contributed by atoms with Crippen LogP contribution in [0, 0.1) is 0 Å². The summed E-state index contributed by atoms with van der Waals surface area (Å²) in [6, 6.07) is 93.6. The largest absolute Gasteiger partial charge is 0.455 e. The smallest absolute Gasteiger partial charge is 0.143 e. The molecule has 0 unspecified atom stereocenters. The molecule has 0 bridgehead atoms. The van der Waals surface area contributed by atoms with Crippen LogP contribution in [0.4, 0.5) is 34.1 Å². The van der Waals surface area contributed by atoms with Gasteiger partial charge in [0, 0.05) is 55.3 Å². The quantitative estimate of drug-likeness (QED) is 0.148. The van der Waals surface area contributed by atoms with Crippen molar-refractivity contribution in [2.24, 2.45) is 0 Å². The minimum atomic E-state index is -0.320. The van der Waals surface area contributed by atoms with E-state index in [2.05, 4.69) is 272 Å². The third kappa shape index (κ3) is 6.33. The standard InChI is InChI=1S/C71H48N2O/c1-71(2)65-43-48(72(46-20-4-3-5-21-46)67-32-16-19-45-18-6-7-22-50(45)67)35-38-58(65)59-39-36-49(44-66(59)71)73(47-34-37-57-53-25-9-8-23-51(53)52-24-10-11-27-55(52)64(57)42-47)68-41-40-56(54-26-12-13-28-60(54)68)62-30-17-31-63-61-29-14-15-33-69(61)74-70(62)63/h3-44H,1-2H3. The van der Waals surface area contributed by atoms with Gasteiger partial charge in [-0.1, -0.05) is 202 Å². The van der Waals surface area contributed by atoms with Crippen molar-refractivity contribution in [3.8, 4) is 22.3 Å². The fourth-order valence-electron chi connectivity index (χ4n) is 12.5. The third-order valence-corrected chi connectivity index (χ3v) is 16.0. The Balaban J connectivity index is 0.929. The molecule has 0 saturated heterocycles. The lowest BCUT2D eigenvalue weighted by atomic mass is 9.82. The number of fused-ring (bicyclic) bond motifs is 14. The molecule has 1 heterocycles. The maximum absolute atomic E-state index is 6.67. The van der Waals surface area contributed by atoms with Crippen LogP contribution in [0.2, 0.25) is 0 Å². The van der Waals surface area contributed by atoms with Crippen LogP contribution in [0.1, 0.15) is 25.0 Å². The second-order valence-electron chi connectivity index (χ2n) is 20.4. The molecular weight excluding hydrogens is 897 g/mol. The van der Waals surface area contributed by atoms with Gasteiger partial charge in [0.15, 0.2) is 0 Å². The van der Waals surface area contributed by atoms with Crippen LogP contribution in [0.3, 0.4) is 0 Å². The van der Waals surface area contributed by atoms with Crippen molar-refractivity contribution >= 4 is 110 Å². The molecule has 1 aliphatic carbocycles. The summed E-state index contributed by atoms with van der Waals surface area (Å²) in [6.07, 6.45) is 0. The van der Waals surface area contributed by atoms with Gasteiger partial charge in [0.2, 0.25) is 0 Å². The average Bonchev–Trinajstić information content (AvgIpc) is 3.95. The summed E-state index contributed by atoms with van der Waals surface area (Å²) in [5, 5.41) is 14.5. The Morgan fingerprint density at radius 1 is 0.284 bits per heavy atom. The average molecular weight is 945 g/mol. The number of nitrogens with zero attached hydrogens (tertiary/aromatic N) is 2. The first-order valence-electron chi connectivity index (χ1n) is 25.7. The zero-order valence-electron chi connectivity index (χ0n) is 41.1. The van der Waals surface area contributed by atoms with Crippen LogP contribution in [0.25, 0.3) is 98.1 Å². The maximum atomic E-state index is 6.67. The topological polar surface area (TPSA) is 19.6 Å². The maximum Gasteiger partial charge on any atom is 0.143 e. The number of benzene rings is 13. The second-order valence-corrected chi connectivity index (χ2v) is 20.4. The van der Waals surface area contributed by atoms with Crippen LogP contribution >= 0.6 is 0 Å². The minimum Gasteiger partial charge on any atom is -0.455 e. The number of rotatable bonds is 7. The van der Waals surface area contributed by atoms with Gasteiger partial charge in [-0.2, -0.15) is 0 Å². The SMILES string of the molecule is CC1(C)c2cc(N(c3ccccc3)c3cccc4ccccc34)ccc2-c2ccc(N(c3ccc4c5ccccc5c5ccccc5c4c3)c3ccc(-c4cccc5c4oc4ccccc45)c4ccccc34)cc21. The Labute approximate surface area is 429 Å². The zero-order chi connectivity index (χ0) is 49.1. The zero-order valence-corrected chi connectivity index (χ0v) is 41.1. The number of hydrogen-bond donors (Lipinski definition) is 0. The van der Waals surface area contributed by atoms with Gasteiger partial charge in [0.1, 0.15) is 11.2 Å². The lowest BCUT2D eigenvalue weighted by Crippen LogP contribution is -2.18. The summed E-state index contributed by atoms with van der Waals surface area (Å²) in [5.74, 6) is 0. The minimum absolute atomic E-state index is 0.320. The van der Waals surface area contributed by atoms with E-state index in [1.54, 1.807) is 0 Å². The summed E-state index contributed by atoms with van der Waals surface area (Å²) in [4.78, 5) is 4.92. The van der Waals surface area contributed by atoms with Gasteiger partial charge < -0.3 is 14.2 Å². The van der Waals surface area contributed by atoms with Crippen LogP contribution in [0.5, 0.6) is 0 Å². The molecule has 348 valence electrons. The van der Waals surface area contributed by atoms with Crippen molar-refractivity contribution in [3.63, 3.8) is 0 Å². The van der Waals surface area contributed by atoms with E-state index < -0.39 is 0 Å². The molecule has 14 aromatic rings. The molecule has 3 heteroatoms. The number of para-hydroxylation sites is 3. The molecule has 1 aliphatic rings. The predicted molar refractivity (Wildman–Crippen MR) is 314 cm³/mol. The Morgan fingerprint density at radius 3 is 1.46 bits per heavy atom. The fraction of sp³-hybridized carbons (Fsp3) is 0.0423. The molecule has 13 aromatic carbocycles. The molecule has 0 N–H and O–H groups in total. The number of hydrogen-bond acceptors (Lipinski definition) is 3. The highest BCUT2D eigenvalue weighted by molar-refractivity contribution is 6.26. The van der Waals surface area contributed by atoms with Gasteiger partial charge in [0.25, 0.3) is 0 Å². The number of furan rings is 1. The second kappa shape index (κ2) is 16.3. The van der Waals surface area contributed by atoms with E-state index in [4.69, 9.17) is 4.42 Å². The Kier molecular flexibility index (Phi) is 9.31. The van der Waals surface area contributed by atoms with Crippen molar-refractivity contribution in [2.75, 3.05) is 9.80 Å². The molecule has 0 saturated carbocycles. The van der Waals surface area contributed by atoms with Crippen LogP contribution in [-0.2, 0) is 5.41 Å². The molecule has 0 amide bonds. The van der Waals surface area contributed by atoms with E-state index in [1.807, 2.05) is 6.07 Å². The summed E-state index contributed by atoms with van der Waals surface area (Å²) in [7, 11) is 0. The van der Waals surface area contributed by atoms with Crippen molar-refractivity contribution in [3.05, 3.63) is 266 Å². The lowest BCUT2D eigenvalue weighted by Gasteiger charge is -2.30. The molecule has 0 spiro atoms. The molecule has 0 fully saturated rings. The van der Waals surface area contributed by atoms with Crippen LogP contribution < -0.4 is 9.80 Å². The van der Waals surface area contributed by atoms with Gasteiger partial charge in [-0.05, 0) is 138 Å². The van der Waals surface area contributed by atoms with Crippen molar-refractivity contribution in [1.29, 1.82) is 0 Å². The summed E-state index contributed by atoms with van der Waals surface area (Å²) >= 11 is 0. The highest BCUT2D eigenvalue weighted by Crippen LogP contribution is 2.54. The van der Waals surface area contributed by atoms with E-state index in [1.165, 1.54) is 65.3 Å². The van der Waals surface area contributed by atoms with Crippen LogP contribution in [0.15, 0.2) is 259 Å². The summed E-state index contributed by atoms with van der Waals surface area (Å²) in [5.41, 5.74) is 15.6. The van der Waals surface area contributed by atoms with Gasteiger partial charge in [-0.3, -0.25) is 0 Å². The van der Waals surface area contributed by atoms with Gasteiger partial charge in [-0.25, -0.2) is 0 Å². The van der Waals surface area contributed by atoms with Gasteiger partial charge in [0.05, 0.1) is 11.4 Å². The first kappa shape index (κ1) is 42.3. The molecule has 0 radical (unpaired) electrons. The normalized spacial score (nSPS) is 12.8. The van der Waals surface area contributed by atoms with E-state index in [0.717, 1.165) is 78.0 Å². The first-order valence-corrected chi connectivity index (χ1v) is 25.7. The molecule has 3 nitrogen and oxygen atoms in total. The molecule has 1 aromatic heterocycles. The first-order chi connectivity index (χ1) is 36.5. The molecular formula is C71H48N2O.